The topological polar surface area (TPSA) is 84.0 Å². The van der Waals surface area contributed by atoms with E-state index >= 15 is 0 Å². The van der Waals surface area contributed by atoms with E-state index in [0.717, 1.165) is 32.1 Å². The van der Waals surface area contributed by atoms with Gasteiger partial charge in [0.25, 0.3) is 5.91 Å². The van der Waals surface area contributed by atoms with Gasteiger partial charge in [-0.3, -0.25) is 4.79 Å². The van der Waals surface area contributed by atoms with Crippen molar-refractivity contribution in [3.8, 4) is 0 Å². The van der Waals surface area contributed by atoms with E-state index in [4.69, 9.17) is 4.74 Å². The molecule has 27 heavy (non-hydrogen) atoms. The summed E-state index contributed by atoms with van der Waals surface area (Å²) < 4.78 is 31.8. The van der Waals surface area contributed by atoms with Gasteiger partial charge in [0, 0.05) is 25.7 Å². The van der Waals surface area contributed by atoms with Crippen molar-refractivity contribution in [1.29, 1.82) is 0 Å². The molecule has 0 saturated carbocycles. The monoisotopic (exact) mass is 394 g/mol. The molecule has 0 N–H and O–H groups in total. The van der Waals surface area contributed by atoms with E-state index in [1.807, 2.05) is 6.92 Å². The van der Waals surface area contributed by atoms with E-state index in [-0.39, 0.29) is 29.0 Å². The summed E-state index contributed by atoms with van der Waals surface area (Å²) in [5, 5.41) is 0. The van der Waals surface area contributed by atoms with Crippen LogP contribution in [-0.4, -0.2) is 61.8 Å². The molecule has 0 bridgehead atoms. The lowest BCUT2D eigenvalue weighted by atomic mass is 10.0. The Morgan fingerprint density at radius 2 is 1.81 bits per heavy atom. The fourth-order valence-electron chi connectivity index (χ4n) is 3.62. The highest BCUT2D eigenvalue weighted by Gasteiger charge is 2.28. The number of sulfonamides is 1. The first-order chi connectivity index (χ1) is 12.9. The molecule has 2 heterocycles. The quantitative estimate of drug-likeness (QED) is 0.714. The SMILES string of the molecule is CC1CCCCN1C(=O)COC(=O)c1cccc(S(=O)(=O)N2CCCC2)c1. The van der Waals surface area contributed by atoms with E-state index in [1.54, 1.807) is 4.90 Å². The molecule has 0 aliphatic carbocycles. The summed E-state index contributed by atoms with van der Waals surface area (Å²) in [6, 6.07) is 5.97. The van der Waals surface area contributed by atoms with Gasteiger partial charge in [-0.25, -0.2) is 13.2 Å². The minimum atomic E-state index is -3.60. The molecule has 0 spiro atoms. The molecule has 1 amide bonds. The van der Waals surface area contributed by atoms with Gasteiger partial charge in [-0.1, -0.05) is 6.07 Å². The smallest absolute Gasteiger partial charge is 0.338 e. The lowest BCUT2D eigenvalue weighted by Gasteiger charge is -2.33. The van der Waals surface area contributed by atoms with E-state index in [1.165, 1.54) is 28.6 Å². The molecule has 0 aromatic heterocycles. The highest BCUT2D eigenvalue weighted by Crippen LogP contribution is 2.22. The summed E-state index contributed by atoms with van der Waals surface area (Å²) in [5.74, 6) is -0.900. The number of likely N-dealkylation sites (tertiary alicyclic amines) is 1. The number of rotatable bonds is 5. The summed E-state index contributed by atoms with van der Waals surface area (Å²) >= 11 is 0. The summed E-state index contributed by atoms with van der Waals surface area (Å²) in [6.07, 6.45) is 4.70. The number of ether oxygens (including phenoxy) is 1. The third-order valence-corrected chi connectivity index (χ3v) is 7.12. The molecule has 1 atom stereocenters. The number of amides is 1. The van der Waals surface area contributed by atoms with Crippen LogP contribution in [0.2, 0.25) is 0 Å². The van der Waals surface area contributed by atoms with Crippen LogP contribution in [0.25, 0.3) is 0 Å². The van der Waals surface area contributed by atoms with Crippen LogP contribution in [0.4, 0.5) is 0 Å². The Bertz CT molecular complexity index is 802. The van der Waals surface area contributed by atoms with Crippen LogP contribution in [0.15, 0.2) is 29.2 Å². The molecule has 7 nitrogen and oxygen atoms in total. The Morgan fingerprint density at radius 3 is 2.52 bits per heavy atom. The number of hydrogen-bond donors (Lipinski definition) is 0. The Morgan fingerprint density at radius 1 is 1.11 bits per heavy atom. The molecular weight excluding hydrogens is 368 g/mol. The van der Waals surface area contributed by atoms with Crippen molar-refractivity contribution >= 4 is 21.9 Å². The van der Waals surface area contributed by atoms with E-state index in [0.29, 0.717) is 19.6 Å². The van der Waals surface area contributed by atoms with Crippen LogP contribution in [0.5, 0.6) is 0 Å². The molecule has 2 saturated heterocycles. The van der Waals surface area contributed by atoms with Gasteiger partial charge in [-0.15, -0.1) is 0 Å². The maximum absolute atomic E-state index is 12.6. The van der Waals surface area contributed by atoms with Gasteiger partial charge in [-0.2, -0.15) is 4.31 Å². The zero-order valence-corrected chi connectivity index (χ0v) is 16.4. The summed E-state index contributed by atoms with van der Waals surface area (Å²) in [7, 11) is -3.60. The van der Waals surface area contributed by atoms with E-state index in [2.05, 4.69) is 0 Å². The Kier molecular flexibility index (Phi) is 6.16. The summed E-state index contributed by atoms with van der Waals surface area (Å²) in [4.78, 5) is 26.4. The van der Waals surface area contributed by atoms with Crippen LogP contribution in [0.3, 0.4) is 0 Å². The van der Waals surface area contributed by atoms with Crippen molar-refractivity contribution in [1.82, 2.24) is 9.21 Å². The predicted octanol–water partition coefficient (Wildman–Crippen LogP) is 2.03. The van der Waals surface area contributed by atoms with Crippen molar-refractivity contribution in [2.24, 2.45) is 0 Å². The standard InChI is InChI=1S/C19H26N2O5S/c1-15-7-2-3-12-21(15)18(22)14-26-19(23)16-8-6-9-17(13-16)27(24,25)20-10-4-5-11-20/h6,8-9,13,15H,2-5,7,10-12,14H2,1H3. The average molecular weight is 394 g/mol. The molecule has 1 aromatic carbocycles. The molecule has 3 rings (SSSR count). The molecule has 2 aliphatic heterocycles. The molecule has 1 aromatic rings. The number of esters is 1. The molecular formula is C19H26N2O5S. The number of piperidine rings is 1. The maximum atomic E-state index is 12.6. The molecule has 2 fully saturated rings. The van der Waals surface area contributed by atoms with Crippen LogP contribution in [0, 0.1) is 0 Å². The normalized spacial score (nSPS) is 21.2. The molecule has 148 valence electrons. The van der Waals surface area contributed by atoms with Crippen molar-refractivity contribution in [3.63, 3.8) is 0 Å². The zero-order valence-electron chi connectivity index (χ0n) is 15.6. The molecule has 2 aliphatic rings. The minimum absolute atomic E-state index is 0.0785. The van der Waals surface area contributed by atoms with Crippen LogP contribution in [0.1, 0.15) is 49.4 Å². The van der Waals surface area contributed by atoms with Gasteiger partial charge >= 0.3 is 5.97 Å². The van der Waals surface area contributed by atoms with Crippen LogP contribution >= 0.6 is 0 Å². The zero-order chi connectivity index (χ0) is 19.4. The highest BCUT2D eigenvalue weighted by atomic mass is 32.2. The third kappa shape index (κ3) is 4.50. The van der Waals surface area contributed by atoms with Gasteiger partial charge in [0.15, 0.2) is 6.61 Å². The minimum Gasteiger partial charge on any atom is -0.452 e. The van der Waals surface area contributed by atoms with Crippen molar-refractivity contribution in [2.75, 3.05) is 26.2 Å². The van der Waals surface area contributed by atoms with E-state index < -0.39 is 16.0 Å². The largest absolute Gasteiger partial charge is 0.452 e. The first-order valence-electron chi connectivity index (χ1n) is 9.46. The van der Waals surface area contributed by atoms with Gasteiger partial charge in [0.05, 0.1) is 10.5 Å². The number of hydrogen-bond acceptors (Lipinski definition) is 5. The van der Waals surface area contributed by atoms with Crippen LogP contribution in [-0.2, 0) is 19.6 Å². The average Bonchev–Trinajstić information content (AvgIpc) is 3.22. The Hall–Kier alpha value is -1.93. The summed E-state index contributed by atoms with van der Waals surface area (Å²) in [5.41, 5.74) is 0.134. The number of nitrogens with zero attached hydrogens (tertiary/aromatic N) is 2. The molecule has 8 heteroatoms. The van der Waals surface area contributed by atoms with Gasteiger partial charge in [0.2, 0.25) is 10.0 Å². The second-order valence-corrected chi connectivity index (χ2v) is 9.09. The lowest BCUT2D eigenvalue weighted by Crippen LogP contribution is -2.44. The second kappa shape index (κ2) is 8.39. The Labute approximate surface area is 160 Å². The van der Waals surface area contributed by atoms with E-state index in [9.17, 15) is 18.0 Å². The van der Waals surface area contributed by atoms with Crippen molar-refractivity contribution < 1.29 is 22.7 Å². The Balaban J connectivity index is 1.64. The van der Waals surface area contributed by atoms with Gasteiger partial charge in [-0.05, 0) is 57.2 Å². The summed E-state index contributed by atoms with van der Waals surface area (Å²) in [6.45, 7) is 3.35. The van der Waals surface area contributed by atoms with Crippen LogP contribution < -0.4 is 0 Å². The van der Waals surface area contributed by atoms with Gasteiger partial charge < -0.3 is 9.64 Å². The fraction of sp³-hybridized carbons (Fsp3) is 0.579. The maximum Gasteiger partial charge on any atom is 0.338 e. The highest BCUT2D eigenvalue weighted by molar-refractivity contribution is 7.89. The number of benzene rings is 1. The lowest BCUT2D eigenvalue weighted by molar-refractivity contribution is -0.137. The molecule has 0 radical (unpaired) electrons. The predicted molar refractivity (Wildman–Crippen MR) is 99.7 cm³/mol. The van der Waals surface area contributed by atoms with Crippen molar-refractivity contribution in [3.05, 3.63) is 29.8 Å². The molecule has 1 unspecified atom stereocenters. The third-order valence-electron chi connectivity index (χ3n) is 5.22. The fourth-order valence-corrected chi connectivity index (χ4v) is 5.19. The second-order valence-electron chi connectivity index (χ2n) is 7.15. The first kappa shape index (κ1) is 19.8. The number of carbonyl (C=O) groups is 2. The first-order valence-corrected chi connectivity index (χ1v) is 10.9. The van der Waals surface area contributed by atoms with Gasteiger partial charge in [0.1, 0.15) is 0 Å². The number of carbonyl (C=O) groups excluding carboxylic acids is 2. The van der Waals surface area contributed by atoms with Crippen molar-refractivity contribution in [2.45, 2.75) is 50.0 Å².